The fourth-order valence-electron chi connectivity index (χ4n) is 3.28. The van der Waals surface area contributed by atoms with Gasteiger partial charge in [-0.25, -0.2) is 4.79 Å². The van der Waals surface area contributed by atoms with Crippen LogP contribution in [0.15, 0.2) is 48.2 Å². The molecule has 182 valence electrons. The van der Waals surface area contributed by atoms with Crippen LogP contribution in [0.3, 0.4) is 0 Å². The number of aliphatic carboxylic acids is 1. The van der Waals surface area contributed by atoms with E-state index in [2.05, 4.69) is 4.72 Å². The summed E-state index contributed by atoms with van der Waals surface area (Å²) in [5.41, 5.74) is 1.80. The van der Waals surface area contributed by atoms with E-state index >= 15 is 0 Å². The molecule has 1 aliphatic rings. The van der Waals surface area contributed by atoms with Crippen LogP contribution in [-0.4, -0.2) is 36.3 Å². The molecule has 2 aromatic rings. The Morgan fingerprint density at radius 1 is 1.12 bits per heavy atom. The van der Waals surface area contributed by atoms with Crippen LogP contribution in [0.4, 0.5) is 0 Å². The molecule has 0 fully saturated rings. The van der Waals surface area contributed by atoms with Gasteiger partial charge in [-0.15, -0.1) is 0 Å². The Bertz CT molecular complexity index is 1250. The van der Waals surface area contributed by atoms with E-state index < -0.39 is 28.2 Å². The number of carboxylic acids is 1. The quantitative estimate of drug-likeness (QED) is 0.466. The monoisotopic (exact) mass is 546 g/mol. The second kappa shape index (κ2) is 11.0. The second-order valence-corrected chi connectivity index (χ2v) is 10.5. The molecule has 0 aliphatic carbocycles. The molecule has 34 heavy (non-hydrogen) atoms. The van der Waals surface area contributed by atoms with Gasteiger partial charge in [0.25, 0.3) is 0 Å². The lowest BCUT2D eigenvalue weighted by Gasteiger charge is -2.32. The van der Waals surface area contributed by atoms with Crippen LogP contribution in [0.5, 0.6) is 0 Å². The lowest BCUT2D eigenvalue weighted by Crippen LogP contribution is -2.46. The number of nitrogens with one attached hydrogen (secondary N) is 1. The molecule has 3 rings (SSSR count). The van der Waals surface area contributed by atoms with Gasteiger partial charge in [-0.2, -0.15) is 13.1 Å². The number of halogens is 3. The van der Waals surface area contributed by atoms with Crippen molar-refractivity contribution in [1.29, 1.82) is 0 Å². The van der Waals surface area contributed by atoms with E-state index in [-0.39, 0.29) is 36.6 Å². The molecule has 0 spiro atoms. The SMILES string of the molecule is Cc1ccc(COC(=O)C2=CN(CCCC(=O)O)S(=O)(=O)NC2c2ccc(Cl)cc2Cl)c(Cl)c1. The largest absolute Gasteiger partial charge is 0.481 e. The molecule has 12 heteroatoms. The summed E-state index contributed by atoms with van der Waals surface area (Å²) < 4.78 is 34.4. The lowest BCUT2D eigenvalue weighted by atomic mass is 10.00. The molecule has 0 radical (unpaired) electrons. The number of aryl methyl sites for hydroxylation is 1. The molecule has 0 aromatic heterocycles. The first kappa shape index (κ1) is 26.3. The molecular formula is C22H21Cl3N2O6S. The third kappa shape index (κ3) is 6.43. The molecule has 0 saturated heterocycles. The number of esters is 1. The van der Waals surface area contributed by atoms with Gasteiger partial charge in [-0.3, -0.25) is 9.10 Å². The van der Waals surface area contributed by atoms with Crippen molar-refractivity contribution in [3.8, 4) is 0 Å². The summed E-state index contributed by atoms with van der Waals surface area (Å²) >= 11 is 18.5. The number of nitrogens with zero attached hydrogens (tertiary/aromatic N) is 1. The lowest BCUT2D eigenvalue weighted by molar-refractivity contribution is -0.141. The summed E-state index contributed by atoms with van der Waals surface area (Å²) in [5.74, 6) is -1.86. The van der Waals surface area contributed by atoms with Gasteiger partial charge in [0.2, 0.25) is 0 Å². The minimum Gasteiger partial charge on any atom is -0.481 e. The van der Waals surface area contributed by atoms with E-state index in [0.29, 0.717) is 21.2 Å². The minimum absolute atomic E-state index is 0.0300. The van der Waals surface area contributed by atoms with Gasteiger partial charge in [0, 0.05) is 39.8 Å². The van der Waals surface area contributed by atoms with Gasteiger partial charge in [0.1, 0.15) is 6.61 Å². The molecular weight excluding hydrogens is 527 g/mol. The van der Waals surface area contributed by atoms with Crippen LogP contribution < -0.4 is 4.72 Å². The first-order valence-electron chi connectivity index (χ1n) is 10.1. The average molecular weight is 548 g/mol. The first-order chi connectivity index (χ1) is 16.0. The zero-order valence-electron chi connectivity index (χ0n) is 17.9. The Kier molecular flexibility index (Phi) is 8.48. The van der Waals surface area contributed by atoms with Crippen molar-refractivity contribution >= 4 is 57.0 Å². The van der Waals surface area contributed by atoms with E-state index in [0.717, 1.165) is 16.1 Å². The maximum atomic E-state index is 13.1. The van der Waals surface area contributed by atoms with E-state index in [9.17, 15) is 18.0 Å². The van der Waals surface area contributed by atoms with Crippen LogP contribution in [0.2, 0.25) is 15.1 Å². The van der Waals surface area contributed by atoms with Crippen LogP contribution in [0, 0.1) is 6.92 Å². The van der Waals surface area contributed by atoms with Crippen molar-refractivity contribution in [2.75, 3.05) is 6.54 Å². The Morgan fingerprint density at radius 3 is 2.50 bits per heavy atom. The van der Waals surface area contributed by atoms with Crippen molar-refractivity contribution in [1.82, 2.24) is 9.03 Å². The molecule has 0 bridgehead atoms. The summed E-state index contributed by atoms with van der Waals surface area (Å²) in [4.78, 5) is 23.9. The number of carbonyl (C=O) groups is 2. The number of carboxylic acid groups (broad SMARTS) is 1. The average Bonchev–Trinajstić information content (AvgIpc) is 2.73. The van der Waals surface area contributed by atoms with Crippen LogP contribution in [0.1, 0.15) is 35.6 Å². The van der Waals surface area contributed by atoms with Crippen molar-refractivity contribution in [3.63, 3.8) is 0 Å². The Morgan fingerprint density at radius 2 is 1.85 bits per heavy atom. The highest BCUT2D eigenvalue weighted by Crippen LogP contribution is 2.35. The normalized spacial score (nSPS) is 17.2. The predicted octanol–water partition coefficient (Wildman–Crippen LogP) is 4.64. The second-order valence-electron chi connectivity index (χ2n) is 7.59. The zero-order valence-corrected chi connectivity index (χ0v) is 21.0. The van der Waals surface area contributed by atoms with Gasteiger partial charge < -0.3 is 9.84 Å². The highest BCUT2D eigenvalue weighted by molar-refractivity contribution is 7.87. The van der Waals surface area contributed by atoms with Crippen molar-refractivity contribution in [2.24, 2.45) is 0 Å². The van der Waals surface area contributed by atoms with Crippen LogP contribution in [0.25, 0.3) is 0 Å². The number of carbonyl (C=O) groups excluding carboxylic acids is 1. The third-order valence-electron chi connectivity index (χ3n) is 5.02. The van der Waals surface area contributed by atoms with Crippen molar-refractivity contribution in [2.45, 2.75) is 32.4 Å². The minimum atomic E-state index is -4.10. The van der Waals surface area contributed by atoms with Crippen molar-refractivity contribution in [3.05, 3.63) is 79.9 Å². The maximum Gasteiger partial charge on any atom is 0.337 e. The van der Waals surface area contributed by atoms with Gasteiger partial charge in [-0.1, -0.05) is 53.0 Å². The highest BCUT2D eigenvalue weighted by Gasteiger charge is 2.37. The van der Waals surface area contributed by atoms with Gasteiger partial charge >= 0.3 is 22.1 Å². The Labute approximate surface area is 212 Å². The predicted molar refractivity (Wildman–Crippen MR) is 129 cm³/mol. The van der Waals surface area contributed by atoms with E-state index in [1.807, 2.05) is 13.0 Å². The molecule has 0 saturated carbocycles. The fourth-order valence-corrected chi connectivity index (χ4v) is 5.40. The topological polar surface area (TPSA) is 113 Å². The summed E-state index contributed by atoms with van der Waals surface area (Å²) in [7, 11) is -4.10. The molecule has 1 unspecified atom stereocenters. The fraction of sp³-hybridized carbons (Fsp3) is 0.273. The molecule has 2 aromatic carbocycles. The van der Waals surface area contributed by atoms with Gasteiger partial charge in [-0.05, 0) is 42.7 Å². The van der Waals surface area contributed by atoms with Crippen LogP contribution >= 0.6 is 34.8 Å². The first-order valence-corrected chi connectivity index (χ1v) is 12.6. The summed E-state index contributed by atoms with van der Waals surface area (Å²) in [6.45, 7) is 1.59. The maximum absolute atomic E-state index is 13.1. The van der Waals surface area contributed by atoms with Crippen molar-refractivity contribution < 1.29 is 27.9 Å². The number of ether oxygens (including phenoxy) is 1. The van der Waals surface area contributed by atoms with E-state index in [4.69, 9.17) is 44.6 Å². The smallest absolute Gasteiger partial charge is 0.337 e. The number of hydrogen-bond donors (Lipinski definition) is 2. The standard InChI is InChI=1S/C22H21Cl3N2O6S/c1-13-4-5-14(18(24)9-13)12-33-22(30)17-11-27(8-2-3-20(28)29)34(31,32)26-21(17)16-7-6-15(23)10-19(16)25/h4-7,9-11,21,26H,2-3,8,12H2,1H3,(H,28,29). The van der Waals surface area contributed by atoms with E-state index in [1.165, 1.54) is 18.2 Å². The molecule has 1 atom stereocenters. The molecule has 2 N–H and O–H groups in total. The summed E-state index contributed by atoms with van der Waals surface area (Å²) in [5, 5.41) is 9.79. The molecule has 8 nitrogen and oxygen atoms in total. The molecule has 1 heterocycles. The summed E-state index contributed by atoms with van der Waals surface area (Å²) in [6, 6.07) is 8.60. The Hall–Kier alpha value is -2.30. The third-order valence-corrected chi connectivity index (χ3v) is 7.37. The van der Waals surface area contributed by atoms with Gasteiger partial charge in [0.05, 0.1) is 11.6 Å². The van der Waals surface area contributed by atoms with Crippen LogP contribution in [-0.2, 0) is 31.1 Å². The molecule has 1 aliphatic heterocycles. The summed E-state index contributed by atoms with van der Waals surface area (Å²) in [6.07, 6.45) is 0.945. The zero-order chi connectivity index (χ0) is 25.0. The van der Waals surface area contributed by atoms with E-state index in [1.54, 1.807) is 12.1 Å². The van der Waals surface area contributed by atoms with Gasteiger partial charge in [0.15, 0.2) is 0 Å². The molecule has 0 amide bonds. The highest BCUT2D eigenvalue weighted by atomic mass is 35.5. The number of rotatable bonds is 8. The number of hydrogen-bond acceptors (Lipinski definition) is 5. The number of benzene rings is 2. The Balaban J connectivity index is 1.94.